The van der Waals surface area contributed by atoms with Gasteiger partial charge in [-0.05, 0) is 18.1 Å². The van der Waals surface area contributed by atoms with E-state index >= 15 is 0 Å². The lowest BCUT2D eigenvalue weighted by atomic mass is 10.1. The molecule has 0 aliphatic rings. The highest BCUT2D eigenvalue weighted by Crippen LogP contribution is 2.17. The van der Waals surface area contributed by atoms with Crippen LogP contribution in [0, 0.1) is 17.0 Å². The van der Waals surface area contributed by atoms with Crippen molar-refractivity contribution in [3.63, 3.8) is 0 Å². The molecule has 1 N–H and O–H groups in total. The normalized spacial score (nSPS) is 10.4. The molecule has 4 nitrogen and oxygen atoms in total. The number of rotatable bonds is 5. The molecular weight excluding hydrogens is 240 g/mol. The first kappa shape index (κ1) is 13.2. The Balaban J connectivity index is 2.00. The maximum atomic E-state index is 10.9. The molecule has 0 heterocycles. The Morgan fingerprint density at radius 1 is 1.00 bits per heavy atom. The molecular formula is C15H16N2O2. The molecule has 0 radical (unpaired) electrons. The Morgan fingerprint density at radius 3 is 2.26 bits per heavy atom. The van der Waals surface area contributed by atoms with Crippen LogP contribution in [0.25, 0.3) is 0 Å². The summed E-state index contributed by atoms with van der Waals surface area (Å²) in [6.45, 7) is 3.26. The molecule has 0 aliphatic carbocycles. The lowest BCUT2D eigenvalue weighted by molar-refractivity contribution is -0.385. The lowest BCUT2D eigenvalue weighted by Gasteiger charge is -2.08. The molecule has 0 spiro atoms. The molecule has 0 atom stereocenters. The predicted octanol–water partition coefficient (Wildman–Crippen LogP) is 3.19. The number of aryl methyl sites for hydroxylation is 1. The fraction of sp³-hybridized carbons (Fsp3) is 0.200. The second-order valence-corrected chi connectivity index (χ2v) is 4.42. The molecule has 19 heavy (non-hydrogen) atoms. The average molecular weight is 256 g/mol. The van der Waals surface area contributed by atoms with Gasteiger partial charge >= 0.3 is 0 Å². The van der Waals surface area contributed by atoms with E-state index in [1.165, 1.54) is 17.2 Å². The summed E-state index contributed by atoms with van der Waals surface area (Å²) >= 11 is 0. The third-order valence-electron chi connectivity index (χ3n) is 3.08. The minimum atomic E-state index is -0.342. The number of hydrogen-bond acceptors (Lipinski definition) is 3. The van der Waals surface area contributed by atoms with Crippen LogP contribution in [-0.2, 0) is 13.1 Å². The molecule has 0 amide bonds. The van der Waals surface area contributed by atoms with Crippen molar-refractivity contribution in [3.8, 4) is 0 Å². The molecule has 0 aliphatic heterocycles. The molecule has 0 aromatic heterocycles. The maximum absolute atomic E-state index is 10.9. The summed E-state index contributed by atoms with van der Waals surface area (Å²) in [6, 6.07) is 14.9. The van der Waals surface area contributed by atoms with Crippen LogP contribution in [0.5, 0.6) is 0 Å². The Morgan fingerprint density at radius 2 is 1.58 bits per heavy atom. The number of para-hydroxylation sites is 1. The fourth-order valence-electron chi connectivity index (χ4n) is 1.98. The van der Waals surface area contributed by atoms with E-state index in [0.717, 1.165) is 0 Å². The van der Waals surface area contributed by atoms with Gasteiger partial charge in [-0.15, -0.1) is 0 Å². The van der Waals surface area contributed by atoms with Crippen molar-refractivity contribution in [1.82, 2.24) is 5.32 Å². The van der Waals surface area contributed by atoms with E-state index in [4.69, 9.17) is 0 Å². The molecule has 0 bridgehead atoms. The summed E-state index contributed by atoms with van der Waals surface area (Å²) in [5.41, 5.74) is 3.31. The third-order valence-corrected chi connectivity index (χ3v) is 3.08. The lowest BCUT2D eigenvalue weighted by Crippen LogP contribution is -2.14. The first-order chi connectivity index (χ1) is 9.18. The number of hydrogen-bond donors (Lipinski definition) is 1. The molecule has 0 saturated heterocycles. The quantitative estimate of drug-likeness (QED) is 0.660. The summed E-state index contributed by atoms with van der Waals surface area (Å²) in [5.74, 6) is 0. The van der Waals surface area contributed by atoms with Gasteiger partial charge in [0.15, 0.2) is 0 Å². The zero-order valence-corrected chi connectivity index (χ0v) is 10.8. The number of nitro groups is 1. The Kier molecular flexibility index (Phi) is 4.26. The van der Waals surface area contributed by atoms with Crippen LogP contribution in [0.1, 0.15) is 16.7 Å². The van der Waals surface area contributed by atoms with E-state index in [1.54, 1.807) is 12.1 Å². The molecule has 98 valence electrons. The average Bonchev–Trinajstić information content (AvgIpc) is 2.41. The van der Waals surface area contributed by atoms with Gasteiger partial charge in [-0.3, -0.25) is 10.1 Å². The molecule has 2 rings (SSSR count). The van der Waals surface area contributed by atoms with Gasteiger partial charge in [-0.2, -0.15) is 0 Å². The molecule has 0 fully saturated rings. The summed E-state index contributed by atoms with van der Waals surface area (Å²) in [7, 11) is 0. The van der Waals surface area contributed by atoms with E-state index in [0.29, 0.717) is 18.7 Å². The Bertz CT molecular complexity index is 582. The van der Waals surface area contributed by atoms with Gasteiger partial charge in [0.05, 0.1) is 4.92 Å². The molecule has 4 heteroatoms. The van der Waals surface area contributed by atoms with Gasteiger partial charge < -0.3 is 5.32 Å². The van der Waals surface area contributed by atoms with Gasteiger partial charge in [0.1, 0.15) is 0 Å². The van der Waals surface area contributed by atoms with Crippen LogP contribution in [0.3, 0.4) is 0 Å². The topological polar surface area (TPSA) is 55.2 Å². The first-order valence-electron chi connectivity index (χ1n) is 6.16. The third kappa shape index (κ3) is 3.39. The van der Waals surface area contributed by atoms with Crippen LogP contribution < -0.4 is 5.32 Å². The van der Waals surface area contributed by atoms with E-state index in [1.807, 2.05) is 18.2 Å². The van der Waals surface area contributed by atoms with Crippen LogP contribution in [-0.4, -0.2) is 4.92 Å². The zero-order valence-electron chi connectivity index (χ0n) is 10.8. The standard InChI is InChI=1S/C15H16N2O2/c1-12-6-2-3-7-13(12)10-16-11-14-8-4-5-9-15(14)17(18)19/h2-9,16H,10-11H2,1H3. The zero-order chi connectivity index (χ0) is 13.7. The van der Waals surface area contributed by atoms with Crippen molar-refractivity contribution in [1.29, 1.82) is 0 Å². The Hall–Kier alpha value is -2.20. The predicted molar refractivity (Wildman–Crippen MR) is 74.8 cm³/mol. The summed E-state index contributed by atoms with van der Waals surface area (Å²) in [6.07, 6.45) is 0. The van der Waals surface area contributed by atoms with E-state index in [-0.39, 0.29) is 10.6 Å². The number of nitrogens with zero attached hydrogens (tertiary/aromatic N) is 1. The summed E-state index contributed by atoms with van der Waals surface area (Å²) < 4.78 is 0. The second-order valence-electron chi connectivity index (χ2n) is 4.42. The van der Waals surface area contributed by atoms with Gasteiger partial charge in [0.25, 0.3) is 5.69 Å². The van der Waals surface area contributed by atoms with E-state index in [2.05, 4.69) is 24.4 Å². The molecule has 0 saturated carbocycles. The Labute approximate surface area is 112 Å². The van der Waals surface area contributed by atoms with Crippen LogP contribution in [0.4, 0.5) is 5.69 Å². The van der Waals surface area contributed by atoms with Crippen LogP contribution in [0.2, 0.25) is 0 Å². The van der Waals surface area contributed by atoms with Gasteiger partial charge in [-0.25, -0.2) is 0 Å². The number of benzene rings is 2. The first-order valence-corrected chi connectivity index (χ1v) is 6.16. The maximum Gasteiger partial charge on any atom is 0.273 e. The SMILES string of the molecule is Cc1ccccc1CNCc1ccccc1[N+](=O)[O-]. The second kappa shape index (κ2) is 6.11. The largest absolute Gasteiger partial charge is 0.308 e. The number of nitro benzene ring substituents is 1. The smallest absolute Gasteiger partial charge is 0.273 e. The summed E-state index contributed by atoms with van der Waals surface area (Å²) in [5, 5.41) is 14.1. The minimum Gasteiger partial charge on any atom is -0.308 e. The van der Waals surface area contributed by atoms with Gasteiger partial charge in [-0.1, -0.05) is 42.5 Å². The molecule has 2 aromatic rings. The monoisotopic (exact) mass is 256 g/mol. The number of nitrogens with one attached hydrogen (secondary N) is 1. The van der Waals surface area contributed by atoms with Crippen LogP contribution >= 0.6 is 0 Å². The molecule has 2 aromatic carbocycles. The van der Waals surface area contributed by atoms with E-state index < -0.39 is 0 Å². The van der Waals surface area contributed by atoms with Crippen molar-refractivity contribution in [3.05, 3.63) is 75.3 Å². The molecule has 0 unspecified atom stereocenters. The highest BCUT2D eigenvalue weighted by Gasteiger charge is 2.11. The fourth-order valence-corrected chi connectivity index (χ4v) is 1.98. The highest BCUT2D eigenvalue weighted by molar-refractivity contribution is 5.39. The van der Waals surface area contributed by atoms with Crippen molar-refractivity contribution in [2.24, 2.45) is 0 Å². The van der Waals surface area contributed by atoms with E-state index in [9.17, 15) is 10.1 Å². The van der Waals surface area contributed by atoms with Crippen molar-refractivity contribution in [2.75, 3.05) is 0 Å². The summed E-state index contributed by atoms with van der Waals surface area (Å²) in [4.78, 5) is 10.5. The van der Waals surface area contributed by atoms with Crippen molar-refractivity contribution < 1.29 is 4.92 Å². The van der Waals surface area contributed by atoms with Gasteiger partial charge in [0, 0.05) is 24.7 Å². The minimum absolute atomic E-state index is 0.166. The van der Waals surface area contributed by atoms with Crippen molar-refractivity contribution in [2.45, 2.75) is 20.0 Å². The highest BCUT2D eigenvalue weighted by atomic mass is 16.6. The van der Waals surface area contributed by atoms with Crippen molar-refractivity contribution >= 4 is 5.69 Å². The van der Waals surface area contributed by atoms with Crippen LogP contribution in [0.15, 0.2) is 48.5 Å². The van der Waals surface area contributed by atoms with Gasteiger partial charge in [0.2, 0.25) is 0 Å².